The summed E-state index contributed by atoms with van der Waals surface area (Å²) in [6.07, 6.45) is 0. The van der Waals surface area contributed by atoms with Crippen molar-refractivity contribution in [3.05, 3.63) is 95.2 Å². The molecule has 3 aromatic rings. The van der Waals surface area contributed by atoms with Crippen LogP contribution in [0.1, 0.15) is 30.5 Å². The highest BCUT2D eigenvalue weighted by molar-refractivity contribution is 6.46. The predicted octanol–water partition coefficient (Wildman–Crippen LogP) is 5.55. The van der Waals surface area contributed by atoms with Crippen LogP contribution in [-0.4, -0.2) is 24.9 Å². The molecule has 3 aromatic carbocycles. The molecule has 1 aliphatic heterocycles. The second-order valence-electron chi connectivity index (χ2n) is 8.24. The second-order valence-corrected chi connectivity index (χ2v) is 8.24. The summed E-state index contributed by atoms with van der Waals surface area (Å²) in [4.78, 5) is 30.6. The molecule has 5 nitrogen and oxygen atoms in total. The molecule has 0 aromatic heterocycles. The molecule has 5 heteroatoms. The van der Waals surface area contributed by atoms with Crippen LogP contribution in [0.15, 0.2) is 78.5 Å². The number of amides is 2. The van der Waals surface area contributed by atoms with Gasteiger partial charge in [0, 0.05) is 24.5 Å². The molecule has 33 heavy (non-hydrogen) atoms. The third kappa shape index (κ3) is 4.40. The quantitative estimate of drug-likeness (QED) is 0.491. The van der Waals surface area contributed by atoms with Crippen LogP contribution in [0.4, 0.5) is 17.1 Å². The number of carbonyl (C=O) groups excluding carboxylic acids is 2. The Morgan fingerprint density at radius 1 is 0.788 bits per heavy atom. The van der Waals surface area contributed by atoms with Gasteiger partial charge in [-0.1, -0.05) is 42.0 Å². The lowest BCUT2D eigenvalue weighted by molar-refractivity contribution is -0.120. The zero-order chi connectivity index (χ0) is 23.5. The maximum atomic E-state index is 13.5. The predicted molar refractivity (Wildman–Crippen MR) is 135 cm³/mol. The largest absolute Gasteiger partial charge is 0.372 e. The molecule has 1 aliphatic rings. The monoisotopic (exact) mass is 439 g/mol. The third-order valence-corrected chi connectivity index (χ3v) is 5.95. The van der Waals surface area contributed by atoms with E-state index in [4.69, 9.17) is 0 Å². The minimum atomic E-state index is -0.353. The Bertz CT molecular complexity index is 1210. The van der Waals surface area contributed by atoms with Gasteiger partial charge in [-0.2, -0.15) is 0 Å². The summed E-state index contributed by atoms with van der Waals surface area (Å²) in [5.41, 5.74) is 5.92. The van der Waals surface area contributed by atoms with Crippen LogP contribution in [0.5, 0.6) is 0 Å². The Balaban J connectivity index is 1.74. The molecule has 0 spiro atoms. The number of rotatable bonds is 7. The first-order chi connectivity index (χ1) is 15.9. The minimum absolute atomic E-state index is 0.293. The van der Waals surface area contributed by atoms with E-state index in [1.165, 1.54) is 4.90 Å². The number of nitrogens with zero attached hydrogens (tertiary/aromatic N) is 2. The number of anilines is 3. The summed E-state index contributed by atoms with van der Waals surface area (Å²) >= 11 is 0. The van der Waals surface area contributed by atoms with E-state index in [1.54, 1.807) is 6.07 Å². The van der Waals surface area contributed by atoms with Gasteiger partial charge in [0.1, 0.15) is 5.70 Å². The van der Waals surface area contributed by atoms with Gasteiger partial charge in [-0.05, 0) is 75.2 Å². The average molecular weight is 440 g/mol. The summed E-state index contributed by atoms with van der Waals surface area (Å²) in [7, 11) is 0. The molecule has 1 heterocycles. The number of hydrogen-bond donors (Lipinski definition) is 1. The Kier molecular flexibility index (Phi) is 6.31. The lowest BCUT2D eigenvalue weighted by Crippen LogP contribution is -2.32. The summed E-state index contributed by atoms with van der Waals surface area (Å²) in [5, 5.41) is 3.25. The van der Waals surface area contributed by atoms with E-state index in [-0.39, 0.29) is 11.8 Å². The van der Waals surface area contributed by atoms with Crippen LogP contribution < -0.4 is 15.1 Å². The smallest absolute Gasteiger partial charge is 0.282 e. The number of nitrogens with one attached hydrogen (secondary N) is 1. The molecular formula is C28H29N3O2. The number of imide groups is 1. The van der Waals surface area contributed by atoms with E-state index in [0.29, 0.717) is 17.0 Å². The molecule has 0 saturated carbocycles. The third-order valence-electron chi connectivity index (χ3n) is 5.95. The molecule has 0 radical (unpaired) electrons. The highest BCUT2D eigenvalue weighted by atomic mass is 16.2. The minimum Gasteiger partial charge on any atom is -0.372 e. The van der Waals surface area contributed by atoms with Crippen LogP contribution >= 0.6 is 0 Å². The standard InChI is InChI=1S/C28H29N3O2/c1-5-30(6-2)23-16-14-22(15-17-23)29-26-25(21-12-10-19(3)11-13-21)27(32)31(28(26)33)24-9-7-8-20(4)18-24/h7-18,29H,5-6H2,1-4H3. The SMILES string of the molecule is CCN(CC)c1ccc(NC2=C(c3ccc(C)cc3)C(=O)N(c3cccc(C)c3)C2=O)cc1. The van der Waals surface area contributed by atoms with Gasteiger partial charge < -0.3 is 10.2 Å². The Morgan fingerprint density at radius 2 is 1.45 bits per heavy atom. The lowest BCUT2D eigenvalue weighted by Gasteiger charge is -2.21. The summed E-state index contributed by atoms with van der Waals surface area (Å²) in [6, 6.07) is 23.1. The molecule has 0 saturated heterocycles. The van der Waals surface area contributed by atoms with Crippen molar-refractivity contribution in [1.82, 2.24) is 0 Å². The van der Waals surface area contributed by atoms with Gasteiger partial charge in [0.05, 0.1) is 11.3 Å². The Labute approximate surface area is 195 Å². The van der Waals surface area contributed by atoms with Gasteiger partial charge in [0.25, 0.3) is 11.8 Å². The first-order valence-electron chi connectivity index (χ1n) is 11.3. The van der Waals surface area contributed by atoms with Crippen molar-refractivity contribution in [1.29, 1.82) is 0 Å². The molecule has 0 aliphatic carbocycles. The maximum Gasteiger partial charge on any atom is 0.282 e. The average Bonchev–Trinajstić information content (AvgIpc) is 3.05. The van der Waals surface area contributed by atoms with Gasteiger partial charge in [0.15, 0.2) is 0 Å². The fourth-order valence-corrected chi connectivity index (χ4v) is 4.12. The van der Waals surface area contributed by atoms with Crippen molar-refractivity contribution in [2.45, 2.75) is 27.7 Å². The number of carbonyl (C=O) groups is 2. The van der Waals surface area contributed by atoms with Crippen molar-refractivity contribution in [3.8, 4) is 0 Å². The number of hydrogen-bond acceptors (Lipinski definition) is 4. The topological polar surface area (TPSA) is 52.7 Å². The fraction of sp³-hybridized carbons (Fsp3) is 0.214. The molecule has 0 fully saturated rings. The van der Waals surface area contributed by atoms with Crippen LogP contribution in [0.25, 0.3) is 5.57 Å². The normalized spacial score (nSPS) is 13.6. The van der Waals surface area contributed by atoms with Gasteiger partial charge in [0.2, 0.25) is 0 Å². The van der Waals surface area contributed by atoms with E-state index in [1.807, 2.05) is 80.6 Å². The van der Waals surface area contributed by atoms with Crippen LogP contribution in [-0.2, 0) is 9.59 Å². The fourth-order valence-electron chi connectivity index (χ4n) is 4.12. The highest BCUT2D eigenvalue weighted by Crippen LogP contribution is 2.34. The van der Waals surface area contributed by atoms with E-state index < -0.39 is 0 Å². The molecule has 4 rings (SSSR count). The van der Waals surface area contributed by atoms with Crippen LogP contribution in [0, 0.1) is 13.8 Å². The Morgan fingerprint density at radius 3 is 2.06 bits per heavy atom. The van der Waals surface area contributed by atoms with Crippen molar-refractivity contribution in [2.24, 2.45) is 0 Å². The van der Waals surface area contributed by atoms with E-state index >= 15 is 0 Å². The molecule has 2 amide bonds. The molecule has 168 valence electrons. The molecule has 0 unspecified atom stereocenters. The van der Waals surface area contributed by atoms with Gasteiger partial charge in [-0.3, -0.25) is 9.59 Å². The van der Waals surface area contributed by atoms with Crippen molar-refractivity contribution >= 4 is 34.4 Å². The second kappa shape index (κ2) is 9.33. The van der Waals surface area contributed by atoms with Crippen LogP contribution in [0.2, 0.25) is 0 Å². The molecule has 0 atom stereocenters. The highest BCUT2D eigenvalue weighted by Gasteiger charge is 2.40. The van der Waals surface area contributed by atoms with Gasteiger partial charge in [-0.15, -0.1) is 0 Å². The maximum absolute atomic E-state index is 13.5. The lowest BCUT2D eigenvalue weighted by atomic mass is 10.0. The van der Waals surface area contributed by atoms with Gasteiger partial charge >= 0.3 is 0 Å². The Hall–Kier alpha value is -3.86. The summed E-state index contributed by atoms with van der Waals surface area (Å²) in [5.74, 6) is -0.675. The molecule has 0 bridgehead atoms. The number of benzene rings is 3. The summed E-state index contributed by atoms with van der Waals surface area (Å²) in [6.45, 7) is 10.0. The van der Waals surface area contributed by atoms with E-state index in [2.05, 4.69) is 24.1 Å². The zero-order valence-electron chi connectivity index (χ0n) is 19.6. The van der Waals surface area contributed by atoms with E-state index in [0.717, 1.165) is 41.2 Å². The van der Waals surface area contributed by atoms with Crippen molar-refractivity contribution < 1.29 is 9.59 Å². The zero-order valence-corrected chi connectivity index (χ0v) is 19.6. The summed E-state index contributed by atoms with van der Waals surface area (Å²) < 4.78 is 0. The van der Waals surface area contributed by atoms with Crippen molar-refractivity contribution in [2.75, 3.05) is 28.2 Å². The van der Waals surface area contributed by atoms with E-state index in [9.17, 15) is 9.59 Å². The van der Waals surface area contributed by atoms with Gasteiger partial charge in [-0.25, -0.2) is 4.90 Å². The van der Waals surface area contributed by atoms with Crippen LogP contribution in [0.3, 0.4) is 0 Å². The molecule has 1 N–H and O–H groups in total. The molecular weight excluding hydrogens is 410 g/mol. The first kappa shape index (κ1) is 22.3. The first-order valence-corrected chi connectivity index (χ1v) is 11.3. The number of aryl methyl sites for hydroxylation is 2. The van der Waals surface area contributed by atoms with Crippen molar-refractivity contribution in [3.63, 3.8) is 0 Å².